The van der Waals surface area contributed by atoms with Crippen LogP contribution in [0.2, 0.25) is 0 Å². The molecule has 1 fully saturated rings. The number of H-pyrrole nitrogens is 1. The van der Waals surface area contributed by atoms with Crippen LogP contribution in [-0.2, 0) is 12.7 Å². The average Bonchev–Trinajstić information content (AvgIpc) is 3.37. The normalized spacial score (nSPS) is 19.4. The molecular weight excluding hydrogens is 433 g/mol. The van der Waals surface area contributed by atoms with Crippen LogP contribution >= 0.6 is 0 Å². The number of nitrogens with one attached hydrogen (secondary N) is 1. The molecule has 0 bridgehead atoms. The van der Waals surface area contributed by atoms with Crippen LogP contribution in [0.3, 0.4) is 0 Å². The maximum Gasteiger partial charge on any atom is 0.416 e. The number of hydrogen-bond donors (Lipinski definition) is 1. The van der Waals surface area contributed by atoms with E-state index in [0.29, 0.717) is 17.2 Å². The average molecular weight is 454 g/mol. The molecule has 33 heavy (non-hydrogen) atoms. The minimum atomic E-state index is -4.42. The largest absolute Gasteiger partial charge is 0.416 e. The Bertz CT molecular complexity index is 1330. The third-order valence-corrected chi connectivity index (χ3v) is 6.06. The highest BCUT2D eigenvalue weighted by Gasteiger charge is 2.33. The van der Waals surface area contributed by atoms with Gasteiger partial charge >= 0.3 is 6.18 Å². The Hall–Kier alpha value is -3.53. The first kappa shape index (κ1) is 21.3. The van der Waals surface area contributed by atoms with Crippen molar-refractivity contribution in [3.8, 4) is 11.4 Å². The Morgan fingerprint density at radius 1 is 1.12 bits per heavy atom. The number of likely N-dealkylation sites (tertiary alicyclic amines) is 1. The van der Waals surface area contributed by atoms with Crippen molar-refractivity contribution in [1.82, 2.24) is 29.5 Å². The van der Waals surface area contributed by atoms with Crippen molar-refractivity contribution >= 4 is 5.52 Å². The fraction of sp³-hybridized carbons (Fsp3) is 0.304. The Morgan fingerprint density at radius 2 is 1.91 bits per heavy atom. The maximum absolute atomic E-state index is 12.9. The van der Waals surface area contributed by atoms with Crippen LogP contribution in [0.5, 0.6) is 0 Å². The molecule has 10 heteroatoms. The molecule has 4 heterocycles. The highest BCUT2D eigenvalue weighted by molar-refractivity contribution is 5.61. The molecule has 1 aliphatic rings. The lowest BCUT2D eigenvalue weighted by Gasteiger charge is -2.15. The van der Waals surface area contributed by atoms with E-state index >= 15 is 0 Å². The second-order valence-electron chi connectivity index (χ2n) is 8.43. The molecule has 2 unspecified atom stereocenters. The third-order valence-electron chi connectivity index (χ3n) is 6.06. The summed E-state index contributed by atoms with van der Waals surface area (Å²) in [6.07, 6.45) is 0.541. The van der Waals surface area contributed by atoms with Crippen molar-refractivity contribution in [2.75, 3.05) is 13.1 Å². The fourth-order valence-electron chi connectivity index (χ4n) is 4.39. The fourth-order valence-corrected chi connectivity index (χ4v) is 4.39. The Labute approximate surface area is 186 Å². The van der Waals surface area contributed by atoms with Crippen LogP contribution in [0.15, 0.2) is 59.8 Å². The Kier molecular flexibility index (Phi) is 5.24. The molecule has 170 valence electrons. The second kappa shape index (κ2) is 8.11. The molecule has 0 aliphatic carbocycles. The highest BCUT2D eigenvalue weighted by atomic mass is 19.4. The van der Waals surface area contributed by atoms with Crippen molar-refractivity contribution < 1.29 is 13.2 Å². The molecule has 5 rings (SSSR count). The van der Waals surface area contributed by atoms with Crippen molar-refractivity contribution in [1.29, 1.82) is 0 Å². The monoisotopic (exact) mass is 454 g/mol. The zero-order valence-corrected chi connectivity index (χ0v) is 17.8. The molecule has 2 atom stereocenters. The van der Waals surface area contributed by atoms with Gasteiger partial charge in [-0.05, 0) is 29.7 Å². The summed E-state index contributed by atoms with van der Waals surface area (Å²) in [5.74, 6) is 1.12. The summed E-state index contributed by atoms with van der Waals surface area (Å²) >= 11 is 0. The number of pyridine rings is 1. The van der Waals surface area contributed by atoms with Crippen molar-refractivity contribution in [2.24, 2.45) is 5.92 Å². The zero-order valence-electron chi connectivity index (χ0n) is 17.8. The van der Waals surface area contributed by atoms with Crippen molar-refractivity contribution in [3.05, 3.63) is 82.3 Å². The van der Waals surface area contributed by atoms with E-state index < -0.39 is 11.7 Å². The van der Waals surface area contributed by atoms with E-state index in [-0.39, 0.29) is 22.9 Å². The van der Waals surface area contributed by atoms with Crippen LogP contribution in [0.4, 0.5) is 13.2 Å². The van der Waals surface area contributed by atoms with Crippen molar-refractivity contribution in [3.63, 3.8) is 0 Å². The lowest BCUT2D eigenvalue weighted by atomic mass is 9.97. The highest BCUT2D eigenvalue weighted by Crippen LogP contribution is 2.32. The quantitative estimate of drug-likeness (QED) is 0.508. The molecular formula is C23H21F3N6O. The van der Waals surface area contributed by atoms with E-state index in [1.807, 2.05) is 18.3 Å². The van der Waals surface area contributed by atoms with Gasteiger partial charge in [0.2, 0.25) is 0 Å². The second-order valence-corrected chi connectivity index (χ2v) is 8.43. The molecule has 0 radical (unpaired) electrons. The van der Waals surface area contributed by atoms with E-state index in [0.717, 1.165) is 37.3 Å². The maximum atomic E-state index is 12.9. The number of benzene rings is 1. The molecule has 0 amide bonds. The first-order valence-electron chi connectivity index (χ1n) is 10.6. The van der Waals surface area contributed by atoms with E-state index in [9.17, 15) is 18.0 Å². The van der Waals surface area contributed by atoms with Crippen LogP contribution < -0.4 is 5.56 Å². The number of rotatable bonds is 4. The summed E-state index contributed by atoms with van der Waals surface area (Å²) in [6, 6.07) is 8.61. The topological polar surface area (TPSA) is 79.2 Å². The number of fused-ring (bicyclic) bond motifs is 1. The summed E-state index contributed by atoms with van der Waals surface area (Å²) in [4.78, 5) is 26.3. The molecule has 1 saturated heterocycles. The molecule has 4 aromatic rings. The van der Waals surface area contributed by atoms with Gasteiger partial charge in [-0.25, -0.2) is 9.50 Å². The number of aromatic nitrogens is 5. The van der Waals surface area contributed by atoms with E-state index in [4.69, 9.17) is 0 Å². The number of imidazole rings is 1. The van der Waals surface area contributed by atoms with Crippen LogP contribution in [0.1, 0.15) is 29.8 Å². The van der Waals surface area contributed by atoms with Gasteiger partial charge in [0.15, 0.2) is 11.3 Å². The van der Waals surface area contributed by atoms with Crippen LogP contribution in [0.25, 0.3) is 16.9 Å². The van der Waals surface area contributed by atoms with Gasteiger partial charge in [0, 0.05) is 43.5 Å². The van der Waals surface area contributed by atoms with Crippen molar-refractivity contribution in [2.45, 2.75) is 25.6 Å². The predicted octanol–water partition coefficient (Wildman–Crippen LogP) is 3.73. The molecule has 0 saturated carbocycles. The first-order chi connectivity index (χ1) is 15.8. The molecule has 1 aliphatic heterocycles. The van der Waals surface area contributed by atoms with Gasteiger partial charge in [0.05, 0.1) is 11.8 Å². The standard InChI is InChI=1S/C23H21F3N6O/c1-14-11-31(12-15-3-2-8-27-9-15)13-18(14)20-29-22(33)19-10-28-21(32(19)30-20)16-4-6-17(7-5-16)23(24,25)26/h2-10,14,18H,11-13H2,1H3,(H,29,30,33). The number of alkyl halides is 3. The summed E-state index contributed by atoms with van der Waals surface area (Å²) in [5, 5.41) is 4.65. The van der Waals surface area contributed by atoms with Crippen LogP contribution in [-0.4, -0.2) is 42.6 Å². The lowest BCUT2D eigenvalue weighted by molar-refractivity contribution is -0.137. The van der Waals surface area contributed by atoms with Gasteiger partial charge in [0.25, 0.3) is 5.56 Å². The van der Waals surface area contributed by atoms with E-state index in [1.54, 1.807) is 6.20 Å². The Morgan fingerprint density at radius 3 is 2.61 bits per heavy atom. The van der Waals surface area contributed by atoms with E-state index in [1.165, 1.54) is 22.8 Å². The van der Waals surface area contributed by atoms with Gasteiger partial charge in [-0.15, -0.1) is 0 Å². The molecule has 7 nitrogen and oxygen atoms in total. The van der Waals surface area contributed by atoms with Gasteiger partial charge in [-0.2, -0.15) is 18.3 Å². The Balaban J connectivity index is 1.46. The molecule has 1 N–H and O–H groups in total. The smallest absolute Gasteiger partial charge is 0.307 e. The summed E-state index contributed by atoms with van der Waals surface area (Å²) < 4.78 is 40.2. The predicted molar refractivity (Wildman–Crippen MR) is 115 cm³/mol. The molecule has 3 aromatic heterocycles. The minimum Gasteiger partial charge on any atom is -0.307 e. The lowest BCUT2D eigenvalue weighted by Crippen LogP contribution is -2.23. The zero-order chi connectivity index (χ0) is 23.2. The summed E-state index contributed by atoms with van der Waals surface area (Å²) in [7, 11) is 0. The summed E-state index contributed by atoms with van der Waals surface area (Å²) in [5.41, 5.74) is 0.730. The number of hydrogen-bond acceptors (Lipinski definition) is 5. The first-order valence-corrected chi connectivity index (χ1v) is 10.6. The molecule has 0 spiro atoms. The van der Waals surface area contributed by atoms with Gasteiger partial charge in [-0.3, -0.25) is 14.7 Å². The number of aromatic amines is 1. The number of nitrogens with zero attached hydrogens (tertiary/aromatic N) is 5. The van der Waals surface area contributed by atoms with Gasteiger partial charge in [0.1, 0.15) is 5.82 Å². The van der Waals surface area contributed by atoms with Crippen LogP contribution in [0, 0.1) is 5.92 Å². The number of halogens is 3. The van der Waals surface area contributed by atoms with E-state index in [2.05, 4.69) is 31.9 Å². The minimum absolute atomic E-state index is 0.00151. The summed E-state index contributed by atoms with van der Waals surface area (Å²) in [6.45, 7) is 4.43. The van der Waals surface area contributed by atoms with Gasteiger partial charge < -0.3 is 4.98 Å². The van der Waals surface area contributed by atoms with Gasteiger partial charge in [-0.1, -0.05) is 25.1 Å². The molecule has 1 aromatic carbocycles. The third kappa shape index (κ3) is 4.13. The SMILES string of the molecule is CC1CN(Cc2cccnc2)CC1c1nn2c(-c3ccc(C(F)(F)F)cc3)ncc2c(=O)[nH]1.